The number of benzene rings is 2. The highest BCUT2D eigenvalue weighted by molar-refractivity contribution is 6.45. The number of aromatic amines is 1. The van der Waals surface area contributed by atoms with Crippen molar-refractivity contribution < 1.29 is 25.3 Å². The molecule has 2 aromatic carbocycles. The summed E-state index contributed by atoms with van der Waals surface area (Å²) >= 11 is 0. The molecule has 1 aromatic heterocycles. The lowest BCUT2D eigenvalue weighted by Gasteiger charge is -2.39. The molecule has 36 heavy (non-hydrogen) atoms. The maximum atomic E-state index is 13.5. The van der Waals surface area contributed by atoms with Crippen LogP contribution in [0.3, 0.4) is 0 Å². The molecule has 1 atom stereocenters. The number of allylic oxidation sites excluding steroid dienone is 1. The Morgan fingerprint density at radius 2 is 1.86 bits per heavy atom. The molecule has 8 nitrogen and oxygen atoms in total. The minimum Gasteiger partial charge on any atom is -0.496 e. The summed E-state index contributed by atoms with van der Waals surface area (Å²) in [7, 11) is 1.53. The SMILES string of the molecule is C/C=C(\OCC)c1ccc(OC)c2c(C(=O)C(=O)N3CCN(C(=O)c4ccccc4)CC3C)c[nH]c12.[HH]. The first-order valence-electron chi connectivity index (χ1n) is 12.1. The number of nitrogens with zero attached hydrogens (tertiary/aromatic N) is 2. The predicted molar refractivity (Wildman–Crippen MR) is 140 cm³/mol. The van der Waals surface area contributed by atoms with Crippen molar-refractivity contribution in [1.29, 1.82) is 0 Å². The van der Waals surface area contributed by atoms with Crippen molar-refractivity contribution >= 4 is 34.3 Å². The summed E-state index contributed by atoms with van der Waals surface area (Å²) in [6, 6.07) is 12.4. The number of ether oxygens (including phenoxy) is 2. The van der Waals surface area contributed by atoms with Crippen LogP contribution in [-0.4, -0.2) is 71.8 Å². The summed E-state index contributed by atoms with van der Waals surface area (Å²) in [5.41, 5.74) is 2.30. The number of hydrogen-bond acceptors (Lipinski definition) is 5. The van der Waals surface area contributed by atoms with Crippen molar-refractivity contribution in [3.63, 3.8) is 0 Å². The summed E-state index contributed by atoms with van der Waals surface area (Å²) in [6.07, 6.45) is 3.41. The second kappa shape index (κ2) is 10.7. The van der Waals surface area contributed by atoms with Gasteiger partial charge in [-0.1, -0.05) is 18.2 Å². The Kier molecular flexibility index (Phi) is 7.43. The number of hydrogen-bond donors (Lipinski definition) is 1. The Labute approximate surface area is 212 Å². The molecule has 1 N–H and O–H groups in total. The molecule has 0 radical (unpaired) electrons. The van der Waals surface area contributed by atoms with Gasteiger partial charge in [-0.15, -0.1) is 0 Å². The van der Waals surface area contributed by atoms with Crippen LogP contribution in [0.15, 0.2) is 54.7 Å². The molecule has 2 amide bonds. The predicted octanol–water partition coefficient (Wildman–Crippen LogP) is 4.38. The van der Waals surface area contributed by atoms with Gasteiger partial charge < -0.3 is 24.3 Å². The van der Waals surface area contributed by atoms with Gasteiger partial charge in [0.05, 0.1) is 30.2 Å². The summed E-state index contributed by atoms with van der Waals surface area (Å²) in [4.78, 5) is 46.1. The van der Waals surface area contributed by atoms with Crippen LogP contribution in [-0.2, 0) is 9.53 Å². The molecule has 1 saturated heterocycles. The number of fused-ring (bicyclic) bond motifs is 1. The molecular weight excluding hydrogens is 458 g/mol. The van der Waals surface area contributed by atoms with Crippen molar-refractivity contribution in [2.24, 2.45) is 0 Å². The molecule has 1 unspecified atom stereocenters. The van der Waals surface area contributed by atoms with E-state index in [1.165, 1.54) is 7.11 Å². The van der Waals surface area contributed by atoms with Crippen LogP contribution in [0.25, 0.3) is 16.7 Å². The molecule has 0 bridgehead atoms. The van der Waals surface area contributed by atoms with Crippen LogP contribution in [0, 0.1) is 0 Å². The van der Waals surface area contributed by atoms with E-state index in [-0.39, 0.29) is 25.5 Å². The average molecular weight is 492 g/mol. The van der Waals surface area contributed by atoms with Crippen molar-refractivity contribution in [1.82, 2.24) is 14.8 Å². The number of piperazine rings is 1. The second-order valence-electron chi connectivity index (χ2n) is 8.65. The molecular formula is C28H33N3O5. The van der Waals surface area contributed by atoms with E-state index in [2.05, 4.69) is 4.98 Å². The van der Waals surface area contributed by atoms with Gasteiger partial charge in [-0.3, -0.25) is 14.4 Å². The Bertz CT molecular complexity index is 1320. The lowest BCUT2D eigenvalue weighted by atomic mass is 10.0. The van der Waals surface area contributed by atoms with E-state index in [0.29, 0.717) is 47.7 Å². The molecule has 1 fully saturated rings. The Balaban J connectivity index is 0.00000380. The van der Waals surface area contributed by atoms with E-state index in [4.69, 9.17) is 9.47 Å². The average Bonchev–Trinajstić information content (AvgIpc) is 3.36. The molecule has 1 aliphatic rings. The fourth-order valence-electron chi connectivity index (χ4n) is 4.70. The van der Waals surface area contributed by atoms with Crippen LogP contribution in [0.5, 0.6) is 5.75 Å². The van der Waals surface area contributed by atoms with Gasteiger partial charge in [-0.2, -0.15) is 0 Å². The molecule has 0 saturated carbocycles. The second-order valence-corrected chi connectivity index (χ2v) is 8.65. The lowest BCUT2D eigenvalue weighted by molar-refractivity contribution is -0.130. The number of carbonyl (C=O) groups excluding carboxylic acids is 3. The fraction of sp³-hybridized carbons (Fsp3) is 0.321. The van der Waals surface area contributed by atoms with Gasteiger partial charge in [-0.25, -0.2) is 0 Å². The molecule has 1 aliphatic heterocycles. The first-order chi connectivity index (χ1) is 17.4. The zero-order chi connectivity index (χ0) is 25.8. The third kappa shape index (κ3) is 4.58. The van der Waals surface area contributed by atoms with Crippen LogP contribution in [0.4, 0.5) is 0 Å². The summed E-state index contributed by atoms with van der Waals surface area (Å²) in [6.45, 7) is 7.12. The lowest BCUT2D eigenvalue weighted by Crippen LogP contribution is -2.56. The van der Waals surface area contributed by atoms with Gasteiger partial charge in [0.15, 0.2) is 0 Å². The monoisotopic (exact) mass is 491 g/mol. The largest absolute Gasteiger partial charge is 0.496 e. The summed E-state index contributed by atoms with van der Waals surface area (Å²) < 4.78 is 11.3. The van der Waals surface area contributed by atoms with E-state index >= 15 is 0 Å². The van der Waals surface area contributed by atoms with Crippen LogP contribution >= 0.6 is 0 Å². The van der Waals surface area contributed by atoms with Crippen LogP contribution < -0.4 is 4.74 Å². The third-order valence-electron chi connectivity index (χ3n) is 6.48. The Morgan fingerprint density at radius 3 is 2.50 bits per heavy atom. The van der Waals surface area contributed by atoms with E-state index < -0.39 is 11.7 Å². The highest BCUT2D eigenvalue weighted by atomic mass is 16.5. The maximum Gasteiger partial charge on any atom is 0.295 e. The van der Waals surface area contributed by atoms with Gasteiger partial charge >= 0.3 is 0 Å². The van der Waals surface area contributed by atoms with E-state index in [1.807, 2.05) is 51.1 Å². The zero-order valence-electron chi connectivity index (χ0n) is 21.0. The first kappa shape index (κ1) is 25.0. The Morgan fingerprint density at radius 1 is 1.11 bits per heavy atom. The van der Waals surface area contributed by atoms with Crippen molar-refractivity contribution in [2.75, 3.05) is 33.4 Å². The number of aromatic nitrogens is 1. The molecule has 2 heterocycles. The van der Waals surface area contributed by atoms with Gasteiger partial charge in [0.1, 0.15) is 11.5 Å². The molecule has 0 aliphatic carbocycles. The van der Waals surface area contributed by atoms with E-state index in [1.54, 1.807) is 34.2 Å². The van der Waals surface area contributed by atoms with Gasteiger partial charge in [-0.05, 0) is 51.1 Å². The van der Waals surface area contributed by atoms with Gasteiger partial charge in [0, 0.05) is 44.4 Å². The molecule has 3 aromatic rings. The smallest absolute Gasteiger partial charge is 0.295 e. The van der Waals surface area contributed by atoms with E-state index in [0.717, 1.165) is 5.56 Å². The number of rotatable bonds is 7. The van der Waals surface area contributed by atoms with Gasteiger partial charge in [0.2, 0.25) is 0 Å². The highest BCUT2D eigenvalue weighted by Crippen LogP contribution is 2.35. The Hall–Kier alpha value is -4.07. The fourth-order valence-corrected chi connectivity index (χ4v) is 4.70. The number of carbonyl (C=O) groups is 3. The number of amides is 2. The van der Waals surface area contributed by atoms with Crippen molar-refractivity contribution in [3.8, 4) is 5.75 Å². The van der Waals surface area contributed by atoms with Gasteiger partial charge in [0.25, 0.3) is 17.6 Å². The number of methoxy groups -OCH3 is 1. The van der Waals surface area contributed by atoms with E-state index in [9.17, 15) is 14.4 Å². The number of nitrogens with one attached hydrogen (secondary N) is 1. The van der Waals surface area contributed by atoms with Crippen LogP contribution in [0.2, 0.25) is 0 Å². The zero-order valence-corrected chi connectivity index (χ0v) is 21.0. The normalized spacial score (nSPS) is 16.2. The minimum atomic E-state index is -0.621. The van der Waals surface area contributed by atoms with Crippen LogP contribution in [0.1, 0.15) is 48.5 Å². The topological polar surface area (TPSA) is 91.9 Å². The third-order valence-corrected chi connectivity index (χ3v) is 6.48. The van der Waals surface area contributed by atoms with Crippen molar-refractivity contribution in [2.45, 2.75) is 26.8 Å². The number of H-pyrrole nitrogens is 1. The minimum absolute atomic E-state index is 0. The summed E-state index contributed by atoms with van der Waals surface area (Å²) in [5.74, 6) is -0.137. The first-order valence-corrected chi connectivity index (χ1v) is 12.1. The number of Topliss-reactive ketones (excluding diaryl/α,β-unsaturated/α-hetero) is 1. The molecule has 4 rings (SSSR count). The standard InChI is InChI=1S/C28H31N3O5.H2/c1-5-22(36-6-2)20-12-13-23(35-4)24-21(16-29-25(20)24)26(32)28(34)31-15-14-30(17-18(31)3)27(33)19-10-8-7-9-11-19;/h5,7-13,16,18,29H,6,14-15,17H2,1-4H3;1H/b22-5-;. The summed E-state index contributed by atoms with van der Waals surface area (Å²) in [5, 5.41) is 0.540. The van der Waals surface area contributed by atoms with Crippen molar-refractivity contribution in [3.05, 3.63) is 71.4 Å². The number of ketones is 1. The molecule has 0 spiro atoms. The molecule has 8 heteroatoms. The highest BCUT2D eigenvalue weighted by Gasteiger charge is 2.35. The molecule has 190 valence electrons. The quantitative estimate of drug-likeness (QED) is 0.301. The maximum absolute atomic E-state index is 13.5.